The fourth-order valence-electron chi connectivity index (χ4n) is 2.33. The number of morpholine rings is 1. The Kier molecular flexibility index (Phi) is 2.44. The first-order chi connectivity index (χ1) is 8.24. The number of anilines is 1. The van der Waals surface area contributed by atoms with E-state index in [0.29, 0.717) is 6.04 Å². The van der Waals surface area contributed by atoms with Crippen LogP contribution < -0.4 is 15.5 Å². The number of rotatable bonds is 1. The molecule has 0 aromatic heterocycles. The van der Waals surface area contributed by atoms with Crippen LogP contribution in [0.3, 0.4) is 0 Å². The molecule has 4 heteroatoms. The van der Waals surface area contributed by atoms with Crippen molar-refractivity contribution >= 4 is 17.7 Å². The second-order valence-electron chi connectivity index (χ2n) is 4.45. The van der Waals surface area contributed by atoms with E-state index in [1.807, 2.05) is 18.2 Å². The summed E-state index contributed by atoms with van der Waals surface area (Å²) in [7, 11) is 0. The number of fused-ring (bicyclic) bond motifs is 1. The Hall–Kier alpha value is -1.68. The second-order valence-corrected chi connectivity index (χ2v) is 4.45. The van der Waals surface area contributed by atoms with Crippen molar-refractivity contribution in [3.63, 3.8) is 0 Å². The van der Waals surface area contributed by atoms with E-state index in [4.69, 9.17) is 4.74 Å². The Morgan fingerprint density at radius 3 is 3.18 bits per heavy atom. The van der Waals surface area contributed by atoms with Crippen molar-refractivity contribution < 1.29 is 9.53 Å². The van der Waals surface area contributed by atoms with Gasteiger partial charge in [0, 0.05) is 29.6 Å². The first kappa shape index (κ1) is 10.5. The molecule has 0 aliphatic carbocycles. The van der Waals surface area contributed by atoms with Gasteiger partial charge in [0.1, 0.15) is 0 Å². The molecule has 0 unspecified atom stereocenters. The maximum absolute atomic E-state index is 11.2. The highest BCUT2D eigenvalue weighted by Gasteiger charge is 2.19. The molecular weight excluding hydrogens is 216 g/mol. The summed E-state index contributed by atoms with van der Waals surface area (Å²) >= 11 is 0. The molecule has 2 heterocycles. The van der Waals surface area contributed by atoms with E-state index >= 15 is 0 Å². The molecule has 88 valence electrons. The highest BCUT2D eigenvalue weighted by molar-refractivity contribution is 6.06. The molecule has 0 spiro atoms. The summed E-state index contributed by atoms with van der Waals surface area (Å²) in [5.41, 5.74) is 1.14. The first-order valence-electron chi connectivity index (χ1n) is 5.83. The monoisotopic (exact) mass is 230 g/mol. The smallest absolute Gasteiger partial charge is 0.270 e. The molecule has 1 amide bonds. The van der Waals surface area contributed by atoms with Crippen LogP contribution in [0.25, 0.3) is 6.08 Å². The van der Waals surface area contributed by atoms with Crippen LogP contribution in [0.1, 0.15) is 6.92 Å². The molecule has 3 rings (SSSR count). The van der Waals surface area contributed by atoms with Crippen molar-refractivity contribution in [1.82, 2.24) is 0 Å². The molecule has 2 aliphatic rings. The van der Waals surface area contributed by atoms with Crippen LogP contribution in [0.15, 0.2) is 23.2 Å². The van der Waals surface area contributed by atoms with Gasteiger partial charge in [-0.15, -0.1) is 0 Å². The molecule has 1 aromatic rings. The molecule has 1 saturated heterocycles. The average Bonchev–Trinajstić information content (AvgIpc) is 2.68. The van der Waals surface area contributed by atoms with Gasteiger partial charge in [-0.25, -0.2) is 4.99 Å². The number of benzene rings is 1. The maximum Gasteiger partial charge on any atom is 0.270 e. The minimum atomic E-state index is -0.160. The lowest BCUT2D eigenvalue weighted by molar-refractivity contribution is -0.112. The molecule has 0 saturated carbocycles. The summed E-state index contributed by atoms with van der Waals surface area (Å²) < 4.78 is 5.42. The third kappa shape index (κ3) is 1.85. The summed E-state index contributed by atoms with van der Waals surface area (Å²) in [5, 5.41) is 1.70. The van der Waals surface area contributed by atoms with E-state index in [-0.39, 0.29) is 5.91 Å². The number of ether oxygens (including phenoxy) is 1. The molecule has 1 fully saturated rings. The van der Waals surface area contributed by atoms with E-state index in [1.165, 1.54) is 0 Å². The summed E-state index contributed by atoms with van der Waals surface area (Å²) in [6.45, 7) is 4.55. The molecule has 0 radical (unpaired) electrons. The quantitative estimate of drug-likeness (QED) is 0.674. The Balaban J connectivity index is 2.01. The van der Waals surface area contributed by atoms with Crippen LogP contribution in [0.4, 0.5) is 5.69 Å². The van der Waals surface area contributed by atoms with Crippen LogP contribution >= 0.6 is 0 Å². The topological polar surface area (TPSA) is 41.9 Å². The van der Waals surface area contributed by atoms with Crippen molar-refractivity contribution in [2.24, 2.45) is 4.99 Å². The Labute approximate surface area is 99.2 Å². The van der Waals surface area contributed by atoms with Gasteiger partial charge in [0.2, 0.25) is 0 Å². The number of hydrogen-bond donors (Lipinski definition) is 0. The zero-order valence-corrected chi connectivity index (χ0v) is 9.72. The van der Waals surface area contributed by atoms with Gasteiger partial charge < -0.3 is 9.64 Å². The minimum absolute atomic E-state index is 0.160. The zero-order chi connectivity index (χ0) is 11.8. The largest absolute Gasteiger partial charge is 0.377 e. The average molecular weight is 230 g/mol. The fourth-order valence-corrected chi connectivity index (χ4v) is 2.33. The molecule has 1 aromatic carbocycles. The van der Waals surface area contributed by atoms with Gasteiger partial charge in [0.15, 0.2) is 0 Å². The van der Waals surface area contributed by atoms with Crippen LogP contribution in [-0.4, -0.2) is 31.7 Å². The number of hydrogen-bond acceptors (Lipinski definition) is 3. The van der Waals surface area contributed by atoms with E-state index in [2.05, 4.69) is 16.8 Å². The van der Waals surface area contributed by atoms with Crippen LogP contribution in [0.5, 0.6) is 0 Å². The molecule has 4 nitrogen and oxygen atoms in total. The predicted molar refractivity (Wildman–Crippen MR) is 64.3 cm³/mol. The summed E-state index contributed by atoms with van der Waals surface area (Å²) in [5.74, 6) is -0.160. The first-order valence-corrected chi connectivity index (χ1v) is 5.83. The van der Waals surface area contributed by atoms with Gasteiger partial charge in [-0.2, -0.15) is 0 Å². The Bertz CT molecular complexity index is 580. The molecule has 0 N–H and O–H groups in total. The van der Waals surface area contributed by atoms with Crippen molar-refractivity contribution in [3.05, 3.63) is 28.8 Å². The Morgan fingerprint density at radius 1 is 1.47 bits per heavy atom. The van der Waals surface area contributed by atoms with E-state index in [9.17, 15) is 4.79 Å². The van der Waals surface area contributed by atoms with Gasteiger partial charge in [-0.3, -0.25) is 4.79 Å². The van der Waals surface area contributed by atoms with Crippen LogP contribution in [0, 0.1) is 0 Å². The third-order valence-electron chi connectivity index (χ3n) is 3.22. The van der Waals surface area contributed by atoms with Gasteiger partial charge in [0.25, 0.3) is 5.91 Å². The third-order valence-corrected chi connectivity index (χ3v) is 3.22. The number of amides is 1. The number of nitrogens with zero attached hydrogens (tertiary/aromatic N) is 2. The molecule has 1 atom stereocenters. The minimum Gasteiger partial charge on any atom is -0.377 e. The van der Waals surface area contributed by atoms with Crippen molar-refractivity contribution in [2.75, 3.05) is 24.7 Å². The van der Waals surface area contributed by atoms with Crippen LogP contribution in [-0.2, 0) is 9.53 Å². The standard InChI is InChI=1S/C13H14N2O2/c1-9-8-17-5-4-15(9)11-2-3-12-10(6-11)7-13(16)14-12/h2-3,6-7,9H,4-5,8H2,1H3/t9-/m0/s1. The normalized spacial score (nSPS) is 23.0. The lowest BCUT2D eigenvalue weighted by Gasteiger charge is -2.35. The lowest BCUT2D eigenvalue weighted by Crippen LogP contribution is -2.44. The SMILES string of the molecule is C[C@H]1COCCN1c1ccc2c(c1)=CC(=O)N=2. The fraction of sp³-hybridized carbons (Fsp3) is 0.385. The summed E-state index contributed by atoms with van der Waals surface area (Å²) in [6, 6.07) is 6.34. The van der Waals surface area contributed by atoms with Gasteiger partial charge in [0.05, 0.1) is 18.6 Å². The highest BCUT2D eigenvalue weighted by Crippen LogP contribution is 2.16. The maximum atomic E-state index is 11.2. The van der Waals surface area contributed by atoms with Crippen molar-refractivity contribution in [2.45, 2.75) is 13.0 Å². The van der Waals surface area contributed by atoms with E-state index in [0.717, 1.165) is 36.0 Å². The predicted octanol–water partition coefficient (Wildman–Crippen LogP) is -0.148. The summed E-state index contributed by atoms with van der Waals surface area (Å²) in [6.07, 6.45) is 1.59. The van der Waals surface area contributed by atoms with Crippen molar-refractivity contribution in [1.29, 1.82) is 0 Å². The van der Waals surface area contributed by atoms with Crippen molar-refractivity contribution in [3.8, 4) is 0 Å². The van der Waals surface area contributed by atoms with Gasteiger partial charge in [-0.1, -0.05) is 0 Å². The second kappa shape index (κ2) is 3.96. The molecular formula is C13H14N2O2. The number of carbonyl (C=O) groups is 1. The number of carbonyl (C=O) groups excluding carboxylic acids is 1. The van der Waals surface area contributed by atoms with Crippen LogP contribution in [0.2, 0.25) is 0 Å². The lowest BCUT2D eigenvalue weighted by atomic mass is 10.2. The zero-order valence-electron chi connectivity index (χ0n) is 9.72. The van der Waals surface area contributed by atoms with E-state index in [1.54, 1.807) is 6.08 Å². The van der Waals surface area contributed by atoms with E-state index < -0.39 is 0 Å². The Morgan fingerprint density at radius 2 is 2.35 bits per heavy atom. The molecule has 2 aliphatic heterocycles. The summed E-state index contributed by atoms with van der Waals surface area (Å²) in [4.78, 5) is 17.4. The molecule has 17 heavy (non-hydrogen) atoms. The molecule has 0 bridgehead atoms. The highest BCUT2D eigenvalue weighted by atomic mass is 16.5. The van der Waals surface area contributed by atoms with Gasteiger partial charge in [-0.05, 0) is 25.1 Å². The van der Waals surface area contributed by atoms with Gasteiger partial charge >= 0.3 is 0 Å².